The number of halogens is 1. The summed E-state index contributed by atoms with van der Waals surface area (Å²) in [5, 5.41) is 10.9. The minimum atomic E-state index is -0.228. The molecule has 0 spiro atoms. The van der Waals surface area contributed by atoms with E-state index in [1.165, 1.54) is 17.2 Å². The topological polar surface area (TPSA) is 23.5 Å². The number of fused-ring (bicyclic) bond motifs is 1. The molecular formula is C15H12FNOS. The molecule has 3 rings (SSSR count). The molecule has 2 nitrogen and oxygen atoms in total. The van der Waals surface area contributed by atoms with Crippen LogP contribution in [-0.4, -0.2) is 11.8 Å². The number of rotatable bonds is 2. The van der Waals surface area contributed by atoms with Crippen molar-refractivity contribution in [3.05, 3.63) is 59.9 Å². The van der Waals surface area contributed by atoms with E-state index in [4.69, 9.17) is 0 Å². The van der Waals surface area contributed by atoms with Crippen molar-refractivity contribution in [3.63, 3.8) is 0 Å². The monoisotopic (exact) mass is 273 g/mol. The van der Waals surface area contributed by atoms with Crippen molar-refractivity contribution in [2.24, 2.45) is 0 Å². The van der Waals surface area contributed by atoms with E-state index >= 15 is 0 Å². The van der Waals surface area contributed by atoms with Crippen LogP contribution in [0.1, 0.15) is 5.56 Å². The van der Waals surface area contributed by atoms with Crippen molar-refractivity contribution in [3.8, 4) is 0 Å². The molecule has 0 radical (unpaired) electrons. The Morgan fingerprint density at radius 3 is 2.58 bits per heavy atom. The van der Waals surface area contributed by atoms with Gasteiger partial charge in [0.1, 0.15) is 5.82 Å². The van der Waals surface area contributed by atoms with Crippen molar-refractivity contribution in [2.75, 3.05) is 11.6 Å². The summed E-state index contributed by atoms with van der Waals surface area (Å²) in [6.45, 7) is 0.511. The molecule has 1 aliphatic heterocycles. The maximum Gasteiger partial charge on any atom is 0.123 e. The second-order valence-corrected chi connectivity index (χ2v) is 5.41. The summed E-state index contributed by atoms with van der Waals surface area (Å²) in [7, 11) is 0. The van der Waals surface area contributed by atoms with E-state index in [2.05, 4.69) is 0 Å². The van der Waals surface area contributed by atoms with Crippen LogP contribution in [0.25, 0.3) is 6.08 Å². The Morgan fingerprint density at radius 1 is 1.05 bits per heavy atom. The summed E-state index contributed by atoms with van der Waals surface area (Å²) in [6, 6.07) is 12.3. The van der Waals surface area contributed by atoms with Crippen molar-refractivity contribution in [2.45, 2.75) is 9.79 Å². The minimum absolute atomic E-state index is 0.228. The Bertz CT molecular complexity index is 625. The molecule has 1 aliphatic rings. The van der Waals surface area contributed by atoms with Gasteiger partial charge < -0.3 is 0 Å². The molecule has 2 aromatic carbocycles. The Hall–Kier alpha value is -1.78. The van der Waals surface area contributed by atoms with E-state index in [0.29, 0.717) is 6.54 Å². The lowest BCUT2D eigenvalue weighted by atomic mass is 10.1. The molecule has 0 atom stereocenters. The van der Waals surface area contributed by atoms with Gasteiger partial charge in [-0.15, -0.1) is 0 Å². The van der Waals surface area contributed by atoms with E-state index in [9.17, 15) is 9.60 Å². The van der Waals surface area contributed by atoms with Crippen LogP contribution in [0.5, 0.6) is 0 Å². The summed E-state index contributed by atoms with van der Waals surface area (Å²) >= 11 is 1.57. The van der Waals surface area contributed by atoms with Gasteiger partial charge in [-0.2, -0.15) is 0 Å². The number of anilines is 1. The Labute approximate surface area is 115 Å². The van der Waals surface area contributed by atoms with Crippen LogP contribution in [0.2, 0.25) is 0 Å². The summed E-state index contributed by atoms with van der Waals surface area (Å²) in [5.74, 6) is -0.228. The van der Waals surface area contributed by atoms with E-state index in [-0.39, 0.29) is 5.82 Å². The predicted molar refractivity (Wildman–Crippen MR) is 75.1 cm³/mol. The number of hydrogen-bond acceptors (Lipinski definition) is 3. The quantitative estimate of drug-likeness (QED) is 0.887. The molecule has 4 heteroatoms. The number of hydroxylamine groups is 1. The Kier molecular flexibility index (Phi) is 3.27. The molecule has 0 aliphatic carbocycles. The van der Waals surface area contributed by atoms with Gasteiger partial charge in [0.05, 0.1) is 12.2 Å². The molecule has 1 N–H and O–H groups in total. The second-order valence-electron chi connectivity index (χ2n) is 4.26. The molecule has 19 heavy (non-hydrogen) atoms. The highest BCUT2D eigenvalue weighted by molar-refractivity contribution is 7.99. The predicted octanol–water partition coefficient (Wildman–Crippen LogP) is 4.20. The zero-order valence-corrected chi connectivity index (χ0v) is 10.9. The summed E-state index contributed by atoms with van der Waals surface area (Å²) in [5.41, 5.74) is 1.80. The summed E-state index contributed by atoms with van der Waals surface area (Å²) < 4.78 is 12.8. The van der Waals surface area contributed by atoms with E-state index < -0.39 is 0 Å². The van der Waals surface area contributed by atoms with Gasteiger partial charge in [0.25, 0.3) is 0 Å². The molecule has 0 fully saturated rings. The van der Waals surface area contributed by atoms with Crippen LogP contribution >= 0.6 is 11.8 Å². The maximum absolute atomic E-state index is 12.8. The lowest BCUT2D eigenvalue weighted by Gasteiger charge is -2.21. The van der Waals surface area contributed by atoms with Gasteiger partial charge in [-0.3, -0.25) is 10.3 Å². The second kappa shape index (κ2) is 5.07. The molecule has 96 valence electrons. The SMILES string of the molecule is ON1CC=Cc2cc(Sc3ccc(F)cc3)ccc21. The van der Waals surface area contributed by atoms with Crippen molar-refractivity contribution in [1.82, 2.24) is 0 Å². The van der Waals surface area contributed by atoms with Crippen molar-refractivity contribution < 1.29 is 9.60 Å². The molecule has 0 unspecified atom stereocenters. The molecule has 2 aromatic rings. The average Bonchev–Trinajstić information content (AvgIpc) is 2.42. The zero-order valence-electron chi connectivity index (χ0n) is 10.1. The van der Waals surface area contributed by atoms with Gasteiger partial charge in [-0.05, 0) is 42.5 Å². The van der Waals surface area contributed by atoms with Gasteiger partial charge in [-0.25, -0.2) is 4.39 Å². The van der Waals surface area contributed by atoms with Crippen LogP contribution in [0.15, 0.2) is 58.3 Å². The van der Waals surface area contributed by atoms with E-state index in [1.54, 1.807) is 23.9 Å². The summed E-state index contributed by atoms with van der Waals surface area (Å²) in [4.78, 5) is 2.05. The fourth-order valence-electron chi connectivity index (χ4n) is 1.98. The highest BCUT2D eigenvalue weighted by Gasteiger charge is 2.11. The highest BCUT2D eigenvalue weighted by Crippen LogP contribution is 2.33. The maximum atomic E-state index is 12.8. The van der Waals surface area contributed by atoms with Gasteiger partial charge in [0, 0.05) is 15.4 Å². The molecule has 0 bridgehead atoms. The van der Waals surface area contributed by atoms with Gasteiger partial charge >= 0.3 is 0 Å². The molecule has 0 aromatic heterocycles. The summed E-state index contributed by atoms with van der Waals surface area (Å²) in [6.07, 6.45) is 3.91. The van der Waals surface area contributed by atoms with Gasteiger partial charge in [0.15, 0.2) is 0 Å². The van der Waals surface area contributed by atoms with Crippen LogP contribution in [-0.2, 0) is 0 Å². The first-order valence-electron chi connectivity index (χ1n) is 5.93. The fourth-order valence-corrected chi connectivity index (χ4v) is 2.85. The Morgan fingerprint density at radius 2 is 1.79 bits per heavy atom. The first-order chi connectivity index (χ1) is 9.22. The van der Waals surface area contributed by atoms with Crippen LogP contribution in [0.3, 0.4) is 0 Å². The lowest BCUT2D eigenvalue weighted by Crippen LogP contribution is -2.20. The third kappa shape index (κ3) is 2.64. The first-order valence-corrected chi connectivity index (χ1v) is 6.74. The minimum Gasteiger partial charge on any atom is -0.288 e. The molecular weight excluding hydrogens is 261 g/mol. The fraction of sp³-hybridized carbons (Fsp3) is 0.0667. The first kappa shape index (κ1) is 12.3. The highest BCUT2D eigenvalue weighted by atomic mass is 32.2. The standard InChI is InChI=1S/C15H12FNOS/c16-12-3-5-13(6-4-12)19-14-7-8-15-11(10-14)2-1-9-17(15)18/h1-8,10,18H,9H2. The van der Waals surface area contributed by atoms with Crippen molar-refractivity contribution in [1.29, 1.82) is 0 Å². The molecule has 0 saturated carbocycles. The third-order valence-electron chi connectivity index (χ3n) is 2.90. The number of nitrogens with zero attached hydrogens (tertiary/aromatic N) is 1. The molecule has 0 saturated heterocycles. The smallest absolute Gasteiger partial charge is 0.123 e. The van der Waals surface area contributed by atoms with Crippen molar-refractivity contribution >= 4 is 23.5 Å². The van der Waals surface area contributed by atoms with E-state index in [0.717, 1.165) is 21.0 Å². The van der Waals surface area contributed by atoms with Crippen LogP contribution in [0, 0.1) is 5.82 Å². The lowest BCUT2D eigenvalue weighted by molar-refractivity contribution is 0.265. The normalized spacial score (nSPS) is 13.5. The largest absolute Gasteiger partial charge is 0.288 e. The number of benzene rings is 2. The number of hydrogen-bond donors (Lipinski definition) is 1. The van der Waals surface area contributed by atoms with Crippen LogP contribution < -0.4 is 5.06 Å². The molecule has 0 amide bonds. The molecule has 1 heterocycles. The Balaban J connectivity index is 1.87. The van der Waals surface area contributed by atoms with Gasteiger partial charge in [-0.1, -0.05) is 23.9 Å². The van der Waals surface area contributed by atoms with Gasteiger partial charge in [0.2, 0.25) is 0 Å². The average molecular weight is 273 g/mol. The zero-order chi connectivity index (χ0) is 13.2. The third-order valence-corrected chi connectivity index (χ3v) is 3.90. The van der Waals surface area contributed by atoms with E-state index in [1.807, 2.05) is 30.4 Å². The van der Waals surface area contributed by atoms with Crippen LogP contribution in [0.4, 0.5) is 10.1 Å².